The van der Waals surface area contributed by atoms with Gasteiger partial charge in [-0.1, -0.05) is 49.2 Å². The van der Waals surface area contributed by atoms with E-state index in [0.29, 0.717) is 36.3 Å². The van der Waals surface area contributed by atoms with E-state index in [0.717, 1.165) is 18.4 Å². The maximum Gasteiger partial charge on any atom is 0.307 e. The van der Waals surface area contributed by atoms with Crippen molar-refractivity contribution in [3.05, 3.63) is 59.7 Å². The Morgan fingerprint density at radius 1 is 0.923 bits per heavy atom. The fourth-order valence-electron chi connectivity index (χ4n) is 4.97. The first-order valence-corrected chi connectivity index (χ1v) is 13.0. The number of amides is 2. The summed E-state index contributed by atoms with van der Waals surface area (Å²) in [6.07, 6.45) is 2.46. The first-order valence-electron chi connectivity index (χ1n) is 13.0. The van der Waals surface area contributed by atoms with Gasteiger partial charge < -0.3 is 29.9 Å². The number of nitrogens with zero attached hydrogens (tertiary/aromatic N) is 1. The summed E-state index contributed by atoms with van der Waals surface area (Å²) in [6.45, 7) is 0.143. The zero-order valence-electron chi connectivity index (χ0n) is 22.3. The number of nitrogens with one attached hydrogen (secondary N) is 1. The summed E-state index contributed by atoms with van der Waals surface area (Å²) < 4.78 is 10.6. The van der Waals surface area contributed by atoms with Gasteiger partial charge in [0, 0.05) is 13.1 Å². The molecule has 0 saturated heterocycles. The minimum Gasteiger partial charge on any atom is -0.493 e. The van der Waals surface area contributed by atoms with Crippen LogP contribution in [0.2, 0.25) is 0 Å². The van der Waals surface area contributed by atoms with E-state index < -0.39 is 41.6 Å². The molecule has 2 amide bonds. The minimum atomic E-state index is -1.09. The maximum atomic E-state index is 13.9. The lowest BCUT2D eigenvalue weighted by atomic mass is 9.78. The second kappa shape index (κ2) is 14.2. The molecule has 3 unspecified atom stereocenters. The number of ether oxygens (including phenoxy) is 2. The molecule has 2 aromatic rings. The van der Waals surface area contributed by atoms with E-state index in [1.54, 1.807) is 42.5 Å². The average Bonchev–Trinajstić information content (AvgIpc) is 2.95. The molecular weight excluding hydrogens is 504 g/mol. The lowest BCUT2D eigenvalue weighted by Crippen LogP contribution is -2.47. The standard InChI is InChI=1S/C29H36N2O8/c1-38-23-13-12-19(18-24(23)39-2)14-16-31(17-15-25(32)33)28(35)26(20-8-4-3-5-9-20)30-27(34)21-10-6-7-11-22(21)29(36)37/h3-5,8-9,12-13,18,21-22,26H,6-7,10-11,14-17H2,1-2H3,(H,30,34)(H,32,33)(H,36,37). The smallest absolute Gasteiger partial charge is 0.307 e. The Hall–Kier alpha value is -4.08. The van der Waals surface area contributed by atoms with Gasteiger partial charge in [0.25, 0.3) is 0 Å². The number of carboxylic acid groups (broad SMARTS) is 2. The average molecular weight is 541 g/mol. The highest BCUT2D eigenvalue weighted by Crippen LogP contribution is 2.32. The highest BCUT2D eigenvalue weighted by atomic mass is 16.5. The number of benzene rings is 2. The third kappa shape index (κ3) is 7.95. The molecule has 0 aromatic heterocycles. The van der Waals surface area contributed by atoms with Crippen LogP contribution in [0.1, 0.15) is 49.3 Å². The van der Waals surface area contributed by atoms with Crippen LogP contribution >= 0.6 is 0 Å². The van der Waals surface area contributed by atoms with E-state index in [-0.39, 0.29) is 19.5 Å². The fraction of sp³-hybridized carbons (Fsp3) is 0.448. The molecule has 1 aliphatic rings. The van der Waals surface area contributed by atoms with Gasteiger partial charge in [0.15, 0.2) is 11.5 Å². The van der Waals surface area contributed by atoms with Gasteiger partial charge in [-0.25, -0.2) is 0 Å². The molecule has 2 aromatic carbocycles. The van der Waals surface area contributed by atoms with Gasteiger partial charge in [0.2, 0.25) is 11.8 Å². The van der Waals surface area contributed by atoms with Crippen molar-refractivity contribution >= 4 is 23.8 Å². The van der Waals surface area contributed by atoms with E-state index in [1.807, 2.05) is 6.07 Å². The van der Waals surface area contributed by atoms with Crippen molar-refractivity contribution in [2.45, 2.75) is 44.6 Å². The molecule has 0 aliphatic heterocycles. The molecule has 1 saturated carbocycles. The lowest BCUT2D eigenvalue weighted by molar-refractivity contribution is -0.149. The molecule has 1 fully saturated rings. The summed E-state index contributed by atoms with van der Waals surface area (Å²) in [5.41, 5.74) is 1.39. The second-order valence-corrected chi connectivity index (χ2v) is 9.60. The van der Waals surface area contributed by atoms with Crippen LogP contribution in [-0.2, 0) is 25.6 Å². The Morgan fingerprint density at radius 3 is 2.21 bits per heavy atom. The molecule has 0 bridgehead atoms. The monoisotopic (exact) mass is 540 g/mol. The van der Waals surface area contributed by atoms with Crippen LogP contribution in [0.25, 0.3) is 0 Å². The van der Waals surface area contributed by atoms with E-state index in [9.17, 15) is 29.4 Å². The minimum absolute atomic E-state index is 0.0537. The quantitative estimate of drug-likeness (QED) is 0.351. The van der Waals surface area contributed by atoms with E-state index in [4.69, 9.17) is 9.47 Å². The van der Waals surface area contributed by atoms with Crippen LogP contribution in [0.5, 0.6) is 11.5 Å². The number of hydrogen-bond acceptors (Lipinski definition) is 6. The molecule has 210 valence electrons. The maximum absolute atomic E-state index is 13.9. The summed E-state index contributed by atoms with van der Waals surface area (Å²) in [5, 5.41) is 21.8. The van der Waals surface area contributed by atoms with Crippen LogP contribution < -0.4 is 14.8 Å². The molecule has 3 rings (SSSR count). The van der Waals surface area contributed by atoms with Gasteiger partial charge in [-0.3, -0.25) is 19.2 Å². The van der Waals surface area contributed by atoms with Gasteiger partial charge in [0.1, 0.15) is 6.04 Å². The van der Waals surface area contributed by atoms with E-state index in [2.05, 4.69) is 5.32 Å². The van der Waals surface area contributed by atoms with Gasteiger partial charge in [0.05, 0.1) is 32.5 Å². The van der Waals surface area contributed by atoms with Crippen molar-refractivity contribution in [1.82, 2.24) is 10.2 Å². The molecule has 39 heavy (non-hydrogen) atoms. The van der Waals surface area contributed by atoms with Crippen LogP contribution in [0, 0.1) is 11.8 Å². The van der Waals surface area contributed by atoms with Crippen LogP contribution in [0.15, 0.2) is 48.5 Å². The molecule has 3 N–H and O–H groups in total. The highest BCUT2D eigenvalue weighted by molar-refractivity contribution is 5.91. The first-order chi connectivity index (χ1) is 18.7. The second-order valence-electron chi connectivity index (χ2n) is 9.60. The number of rotatable bonds is 13. The number of methoxy groups -OCH3 is 2. The van der Waals surface area contributed by atoms with E-state index >= 15 is 0 Å². The Balaban J connectivity index is 1.85. The zero-order chi connectivity index (χ0) is 28.4. The number of carboxylic acids is 2. The number of carbonyl (C=O) groups excluding carboxylic acids is 2. The van der Waals surface area contributed by atoms with Crippen molar-refractivity contribution < 1.29 is 38.9 Å². The molecule has 10 heteroatoms. The number of aliphatic carboxylic acids is 2. The molecule has 0 radical (unpaired) electrons. The predicted octanol–water partition coefficient (Wildman–Crippen LogP) is 3.30. The van der Waals surface area contributed by atoms with E-state index in [1.165, 1.54) is 19.1 Å². The van der Waals surface area contributed by atoms with Crippen LogP contribution in [0.3, 0.4) is 0 Å². The molecular formula is C29H36N2O8. The van der Waals surface area contributed by atoms with Gasteiger partial charge in [-0.05, 0) is 42.5 Å². The zero-order valence-corrected chi connectivity index (χ0v) is 22.3. The summed E-state index contributed by atoms with van der Waals surface area (Å²) in [7, 11) is 3.06. The van der Waals surface area contributed by atoms with Crippen molar-refractivity contribution in [2.24, 2.45) is 11.8 Å². The molecule has 10 nitrogen and oxygen atoms in total. The number of hydrogen-bond donors (Lipinski definition) is 3. The third-order valence-corrected chi connectivity index (χ3v) is 7.11. The van der Waals surface area contributed by atoms with Gasteiger partial charge >= 0.3 is 11.9 Å². The highest BCUT2D eigenvalue weighted by Gasteiger charge is 2.38. The van der Waals surface area contributed by atoms with Crippen molar-refractivity contribution in [1.29, 1.82) is 0 Å². The lowest BCUT2D eigenvalue weighted by Gasteiger charge is -2.31. The molecule has 1 aliphatic carbocycles. The van der Waals surface area contributed by atoms with Crippen molar-refractivity contribution in [3.63, 3.8) is 0 Å². The normalized spacial score (nSPS) is 17.5. The summed E-state index contributed by atoms with van der Waals surface area (Å²) in [5.74, 6) is -3.46. The Labute approximate surface area is 227 Å². The topological polar surface area (TPSA) is 142 Å². The Morgan fingerprint density at radius 2 is 1.59 bits per heavy atom. The first kappa shape index (κ1) is 29.5. The predicted molar refractivity (Wildman–Crippen MR) is 142 cm³/mol. The molecule has 0 heterocycles. The molecule has 0 spiro atoms. The number of carbonyl (C=O) groups is 4. The molecule has 3 atom stereocenters. The largest absolute Gasteiger partial charge is 0.493 e. The summed E-state index contributed by atoms with van der Waals surface area (Å²) in [6, 6.07) is 13.0. The van der Waals surface area contributed by atoms with Gasteiger partial charge in [-0.2, -0.15) is 0 Å². The van der Waals surface area contributed by atoms with Crippen molar-refractivity contribution in [3.8, 4) is 11.5 Å². The Kier molecular flexibility index (Phi) is 10.7. The van der Waals surface area contributed by atoms with Crippen LogP contribution in [0.4, 0.5) is 0 Å². The summed E-state index contributed by atoms with van der Waals surface area (Å²) in [4.78, 5) is 51.8. The Bertz CT molecular complexity index is 1150. The SMILES string of the molecule is COc1ccc(CCN(CCC(=O)O)C(=O)C(NC(=O)C2CCCCC2C(=O)O)c2ccccc2)cc1OC. The fourth-order valence-corrected chi connectivity index (χ4v) is 4.97. The van der Waals surface area contributed by atoms with Gasteiger partial charge in [-0.15, -0.1) is 0 Å². The van der Waals surface area contributed by atoms with Crippen molar-refractivity contribution in [2.75, 3.05) is 27.3 Å². The van der Waals surface area contributed by atoms with Crippen LogP contribution in [-0.4, -0.2) is 66.2 Å². The third-order valence-electron chi connectivity index (χ3n) is 7.11. The summed E-state index contributed by atoms with van der Waals surface area (Å²) >= 11 is 0.